The average Bonchev–Trinajstić information content (AvgIpc) is 2.44. The van der Waals surface area contributed by atoms with E-state index in [1.807, 2.05) is 4.90 Å². The molecule has 0 unspecified atom stereocenters. The minimum absolute atomic E-state index is 0.0371. The quantitative estimate of drug-likeness (QED) is 0.887. The molecule has 0 spiro atoms. The largest absolute Gasteiger partial charge is 0.341 e. The summed E-state index contributed by atoms with van der Waals surface area (Å²) in [5, 5.41) is 0. The molecule has 20 heavy (non-hydrogen) atoms. The predicted molar refractivity (Wildman–Crippen MR) is 78.6 cm³/mol. The van der Waals surface area contributed by atoms with E-state index in [0.29, 0.717) is 5.92 Å². The van der Waals surface area contributed by atoms with E-state index in [0.717, 1.165) is 32.4 Å². The molecule has 0 aromatic carbocycles. The normalized spacial score (nSPS) is 19.1. The number of hydrogen-bond donors (Lipinski definition) is 1. The van der Waals surface area contributed by atoms with Crippen molar-refractivity contribution < 1.29 is 4.79 Å². The van der Waals surface area contributed by atoms with Crippen molar-refractivity contribution in [3.8, 4) is 0 Å². The molecular weight excluding hydrogens is 326 g/mol. The first kappa shape index (κ1) is 15.0. The van der Waals surface area contributed by atoms with E-state index in [4.69, 9.17) is 0 Å². The van der Waals surface area contributed by atoms with Crippen LogP contribution in [0.1, 0.15) is 26.2 Å². The van der Waals surface area contributed by atoms with Crippen LogP contribution >= 0.6 is 15.9 Å². The number of amides is 1. The van der Waals surface area contributed by atoms with Crippen LogP contribution in [0, 0.1) is 5.92 Å². The number of nitrogens with one attached hydrogen (secondary N) is 1. The van der Waals surface area contributed by atoms with E-state index >= 15 is 0 Å². The number of carbonyl (C=O) groups excluding carboxylic acids is 1. The summed E-state index contributed by atoms with van der Waals surface area (Å²) in [7, 11) is 0. The highest BCUT2D eigenvalue weighted by Gasteiger charge is 2.22. The number of hydrogen-bond acceptors (Lipinski definition) is 3. The summed E-state index contributed by atoms with van der Waals surface area (Å²) in [6.07, 6.45) is 4.59. The Hall–Kier alpha value is -1.37. The smallest absolute Gasteiger partial charge is 0.328 e. The van der Waals surface area contributed by atoms with Gasteiger partial charge in [-0.15, -0.1) is 0 Å². The molecule has 1 amide bonds. The maximum absolute atomic E-state index is 12.2. The minimum Gasteiger partial charge on any atom is -0.341 e. The molecule has 1 aromatic rings. The topological polar surface area (TPSA) is 75.2 Å². The molecule has 110 valence electrons. The van der Waals surface area contributed by atoms with Gasteiger partial charge in [0, 0.05) is 19.3 Å². The third-order valence-electron chi connectivity index (χ3n) is 3.72. The van der Waals surface area contributed by atoms with E-state index < -0.39 is 11.2 Å². The Morgan fingerprint density at radius 3 is 2.95 bits per heavy atom. The van der Waals surface area contributed by atoms with Crippen molar-refractivity contribution in [2.24, 2.45) is 5.92 Å². The van der Waals surface area contributed by atoms with Crippen LogP contribution in [0.25, 0.3) is 0 Å². The number of rotatable bonds is 3. The SMILES string of the molecule is CC[C@H]1CCCN(C(=O)Cn2cc(Br)c(=O)[nH]c2=O)C1. The third-order valence-corrected chi connectivity index (χ3v) is 4.29. The first-order chi connectivity index (χ1) is 9.51. The Morgan fingerprint density at radius 1 is 1.50 bits per heavy atom. The lowest BCUT2D eigenvalue weighted by molar-refractivity contribution is -0.133. The lowest BCUT2D eigenvalue weighted by atomic mass is 9.96. The molecule has 0 radical (unpaired) electrons. The summed E-state index contributed by atoms with van der Waals surface area (Å²) in [4.78, 5) is 39.1. The molecule has 6 nitrogen and oxygen atoms in total. The zero-order valence-electron chi connectivity index (χ0n) is 11.4. The van der Waals surface area contributed by atoms with Gasteiger partial charge in [0.25, 0.3) is 5.56 Å². The first-order valence-electron chi connectivity index (χ1n) is 6.78. The molecule has 1 aromatic heterocycles. The van der Waals surface area contributed by atoms with Crippen LogP contribution in [-0.4, -0.2) is 33.4 Å². The summed E-state index contributed by atoms with van der Waals surface area (Å²) >= 11 is 3.06. The fraction of sp³-hybridized carbons (Fsp3) is 0.615. The molecule has 2 heterocycles. The fourth-order valence-corrected chi connectivity index (χ4v) is 2.82. The Morgan fingerprint density at radius 2 is 2.25 bits per heavy atom. The van der Waals surface area contributed by atoms with Crippen LogP contribution in [0.4, 0.5) is 0 Å². The fourth-order valence-electron chi connectivity index (χ4n) is 2.47. The van der Waals surface area contributed by atoms with Crippen molar-refractivity contribution in [2.75, 3.05) is 13.1 Å². The van der Waals surface area contributed by atoms with Gasteiger partial charge < -0.3 is 4.90 Å². The van der Waals surface area contributed by atoms with Gasteiger partial charge >= 0.3 is 5.69 Å². The second-order valence-electron chi connectivity index (χ2n) is 5.12. The van der Waals surface area contributed by atoms with Crippen molar-refractivity contribution in [3.63, 3.8) is 0 Å². The predicted octanol–water partition coefficient (Wildman–Crippen LogP) is 0.948. The van der Waals surface area contributed by atoms with Gasteiger partial charge in [0.1, 0.15) is 6.54 Å². The molecule has 0 aliphatic carbocycles. The Labute approximate surface area is 124 Å². The molecule has 1 aliphatic heterocycles. The van der Waals surface area contributed by atoms with Crippen LogP contribution in [0.15, 0.2) is 20.3 Å². The van der Waals surface area contributed by atoms with E-state index in [1.165, 1.54) is 10.8 Å². The lowest BCUT2D eigenvalue weighted by Gasteiger charge is -2.32. The zero-order chi connectivity index (χ0) is 14.7. The van der Waals surface area contributed by atoms with Gasteiger partial charge in [0.05, 0.1) is 4.47 Å². The van der Waals surface area contributed by atoms with Crippen molar-refractivity contribution in [1.82, 2.24) is 14.5 Å². The van der Waals surface area contributed by atoms with Crippen molar-refractivity contribution >= 4 is 21.8 Å². The number of piperidine rings is 1. The number of nitrogens with zero attached hydrogens (tertiary/aromatic N) is 2. The number of carbonyl (C=O) groups is 1. The summed E-state index contributed by atoms with van der Waals surface area (Å²) in [6.45, 7) is 3.59. The van der Waals surface area contributed by atoms with Crippen LogP contribution in [0.2, 0.25) is 0 Å². The molecule has 0 bridgehead atoms. The van der Waals surface area contributed by atoms with E-state index in [1.54, 1.807) is 0 Å². The van der Waals surface area contributed by atoms with Gasteiger partial charge in [-0.1, -0.05) is 13.3 Å². The molecule has 7 heteroatoms. The monoisotopic (exact) mass is 343 g/mol. The maximum Gasteiger partial charge on any atom is 0.328 e. The summed E-state index contributed by atoms with van der Waals surface area (Å²) in [5.41, 5.74) is -1.04. The van der Waals surface area contributed by atoms with Crippen molar-refractivity contribution in [1.29, 1.82) is 0 Å². The molecule has 1 fully saturated rings. The second-order valence-corrected chi connectivity index (χ2v) is 5.97. The lowest BCUT2D eigenvalue weighted by Crippen LogP contribution is -2.43. The molecular formula is C13H18BrN3O3. The van der Waals surface area contributed by atoms with Gasteiger partial charge in [-0.05, 0) is 34.7 Å². The molecule has 1 aliphatic rings. The number of aromatic amines is 1. The van der Waals surface area contributed by atoms with Gasteiger partial charge in [0.15, 0.2) is 0 Å². The highest BCUT2D eigenvalue weighted by Crippen LogP contribution is 2.19. The summed E-state index contributed by atoms with van der Waals surface area (Å²) in [6, 6.07) is 0. The summed E-state index contributed by atoms with van der Waals surface area (Å²) in [5.74, 6) is 0.468. The van der Waals surface area contributed by atoms with Gasteiger partial charge in [-0.3, -0.25) is 19.1 Å². The number of halogens is 1. The number of aromatic nitrogens is 2. The van der Waals surface area contributed by atoms with E-state index in [2.05, 4.69) is 27.8 Å². The first-order valence-corrected chi connectivity index (χ1v) is 7.57. The van der Waals surface area contributed by atoms with Crippen molar-refractivity contribution in [2.45, 2.75) is 32.7 Å². The van der Waals surface area contributed by atoms with Gasteiger partial charge in [-0.25, -0.2) is 4.79 Å². The second kappa shape index (κ2) is 6.39. The average molecular weight is 344 g/mol. The maximum atomic E-state index is 12.2. The molecule has 1 atom stereocenters. The van der Waals surface area contributed by atoms with Gasteiger partial charge in [-0.2, -0.15) is 0 Å². The summed E-state index contributed by atoms with van der Waals surface area (Å²) < 4.78 is 1.47. The Balaban J connectivity index is 2.10. The van der Waals surface area contributed by atoms with Crippen LogP contribution in [-0.2, 0) is 11.3 Å². The number of H-pyrrole nitrogens is 1. The molecule has 2 rings (SSSR count). The minimum atomic E-state index is -0.560. The Bertz CT molecular complexity index is 608. The van der Waals surface area contributed by atoms with Crippen LogP contribution in [0.5, 0.6) is 0 Å². The molecule has 1 saturated heterocycles. The van der Waals surface area contributed by atoms with E-state index in [9.17, 15) is 14.4 Å². The third kappa shape index (κ3) is 3.39. The van der Waals surface area contributed by atoms with Crippen LogP contribution in [0.3, 0.4) is 0 Å². The zero-order valence-corrected chi connectivity index (χ0v) is 13.0. The highest BCUT2D eigenvalue weighted by molar-refractivity contribution is 9.10. The Kier molecular flexibility index (Phi) is 4.80. The molecule has 1 N–H and O–H groups in total. The highest BCUT2D eigenvalue weighted by atomic mass is 79.9. The van der Waals surface area contributed by atoms with Crippen molar-refractivity contribution in [3.05, 3.63) is 31.5 Å². The van der Waals surface area contributed by atoms with Crippen LogP contribution < -0.4 is 11.2 Å². The molecule has 0 saturated carbocycles. The standard InChI is InChI=1S/C13H18BrN3O3/c1-2-9-4-3-5-16(6-9)11(18)8-17-7-10(14)12(19)15-13(17)20/h7,9H,2-6,8H2,1H3,(H,15,19,20)/t9-/m0/s1. The number of likely N-dealkylation sites (tertiary alicyclic amines) is 1. The van der Waals surface area contributed by atoms with E-state index in [-0.39, 0.29) is 16.9 Å². The van der Waals surface area contributed by atoms with Gasteiger partial charge in [0.2, 0.25) is 5.91 Å².